The minimum absolute atomic E-state index is 0.278. The number of aryl methyl sites for hydroxylation is 1. The fraction of sp³-hybridized carbons (Fsp3) is 0.429. The summed E-state index contributed by atoms with van der Waals surface area (Å²) in [6, 6.07) is 2.60. The van der Waals surface area contributed by atoms with Crippen molar-refractivity contribution in [2.45, 2.75) is 19.9 Å². The Balaban J connectivity index is 2.15. The quantitative estimate of drug-likeness (QED) is 0.892. The van der Waals surface area contributed by atoms with Crippen LogP contribution in [-0.4, -0.2) is 43.1 Å². The number of amides is 3. The van der Waals surface area contributed by atoms with E-state index in [4.69, 9.17) is 16.3 Å². The molecule has 1 saturated heterocycles. The number of nitrogens with zero attached hydrogens (tertiary/aromatic N) is 1. The summed E-state index contributed by atoms with van der Waals surface area (Å²) in [5.74, 6) is 0.274. The fourth-order valence-electron chi connectivity index (χ4n) is 2.16. The smallest absolute Gasteiger partial charge is 0.324 e. The molecule has 21 heavy (non-hydrogen) atoms. The highest BCUT2D eigenvalue weighted by Crippen LogP contribution is 2.31. The fourth-order valence-corrected chi connectivity index (χ4v) is 2.31. The van der Waals surface area contributed by atoms with Gasteiger partial charge in [-0.2, -0.15) is 0 Å². The lowest BCUT2D eigenvalue weighted by molar-refractivity contribution is -0.128. The molecule has 0 bridgehead atoms. The molecule has 0 unspecified atom stereocenters. The van der Waals surface area contributed by atoms with E-state index in [0.29, 0.717) is 29.5 Å². The standard InChI is InChI=1S/C14H18ClN3O3/c1-8-6-11(12(21-3)7-10(8)15)17-9(2)13(19)18-5-4-16-14(18)20/h6-7,9,17H,4-5H2,1-3H3,(H,16,20)/t9-/m0/s1. The predicted octanol–water partition coefficient (Wildman–Crippen LogP) is 2.01. The molecular weight excluding hydrogens is 294 g/mol. The van der Waals surface area contributed by atoms with Gasteiger partial charge >= 0.3 is 6.03 Å². The van der Waals surface area contributed by atoms with E-state index in [9.17, 15) is 9.59 Å². The molecule has 1 fully saturated rings. The molecule has 1 aliphatic rings. The molecule has 7 heteroatoms. The van der Waals surface area contributed by atoms with Gasteiger partial charge in [-0.05, 0) is 25.5 Å². The summed E-state index contributed by atoms with van der Waals surface area (Å²) in [5, 5.41) is 6.27. The highest BCUT2D eigenvalue weighted by Gasteiger charge is 2.30. The summed E-state index contributed by atoms with van der Waals surface area (Å²) in [7, 11) is 1.53. The Hall–Kier alpha value is -1.95. The number of rotatable bonds is 4. The van der Waals surface area contributed by atoms with Crippen molar-refractivity contribution in [2.24, 2.45) is 0 Å². The minimum atomic E-state index is -0.552. The molecule has 1 heterocycles. The average Bonchev–Trinajstić information content (AvgIpc) is 2.87. The van der Waals surface area contributed by atoms with Crippen molar-refractivity contribution >= 4 is 29.2 Å². The molecule has 2 N–H and O–H groups in total. The Morgan fingerprint density at radius 3 is 2.81 bits per heavy atom. The molecular formula is C14H18ClN3O3. The van der Waals surface area contributed by atoms with E-state index in [-0.39, 0.29) is 11.9 Å². The molecule has 0 saturated carbocycles. The van der Waals surface area contributed by atoms with Crippen LogP contribution >= 0.6 is 11.6 Å². The van der Waals surface area contributed by atoms with Gasteiger partial charge in [0.2, 0.25) is 0 Å². The molecule has 1 atom stereocenters. The third kappa shape index (κ3) is 3.21. The molecule has 2 rings (SSSR count). The second-order valence-corrected chi connectivity index (χ2v) is 5.30. The molecule has 1 aromatic rings. The summed E-state index contributed by atoms with van der Waals surface area (Å²) in [4.78, 5) is 25.0. The van der Waals surface area contributed by atoms with Gasteiger partial charge in [0.15, 0.2) is 0 Å². The van der Waals surface area contributed by atoms with Gasteiger partial charge in [-0.15, -0.1) is 0 Å². The monoisotopic (exact) mass is 311 g/mol. The van der Waals surface area contributed by atoms with Crippen molar-refractivity contribution in [3.63, 3.8) is 0 Å². The molecule has 0 radical (unpaired) electrons. The second-order valence-electron chi connectivity index (χ2n) is 4.89. The van der Waals surface area contributed by atoms with Crippen LogP contribution in [0, 0.1) is 6.92 Å². The van der Waals surface area contributed by atoms with Crippen LogP contribution in [0.2, 0.25) is 5.02 Å². The molecule has 6 nitrogen and oxygen atoms in total. The van der Waals surface area contributed by atoms with Crippen molar-refractivity contribution < 1.29 is 14.3 Å². The number of benzene rings is 1. The molecule has 1 aliphatic heterocycles. The van der Waals surface area contributed by atoms with Crippen molar-refractivity contribution in [3.8, 4) is 5.75 Å². The molecule has 0 aliphatic carbocycles. The van der Waals surface area contributed by atoms with E-state index in [0.717, 1.165) is 5.56 Å². The summed E-state index contributed by atoms with van der Waals surface area (Å²) in [6.45, 7) is 4.45. The second kappa shape index (κ2) is 6.22. The van der Waals surface area contributed by atoms with Gasteiger partial charge in [-0.1, -0.05) is 11.6 Å². The normalized spacial score (nSPS) is 15.6. The number of urea groups is 1. The van der Waals surface area contributed by atoms with Crippen molar-refractivity contribution in [3.05, 3.63) is 22.7 Å². The molecule has 0 aromatic heterocycles. The lowest BCUT2D eigenvalue weighted by Gasteiger charge is -2.21. The van der Waals surface area contributed by atoms with E-state index in [2.05, 4.69) is 10.6 Å². The number of hydrogen-bond acceptors (Lipinski definition) is 4. The van der Waals surface area contributed by atoms with Crippen LogP contribution in [0.3, 0.4) is 0 Å². The van der Waals surface area contributed by atoms with E-state index in [1.54, 1.807) is 13.0 Å². The van der Waals surface area contributed by atoms with Crippen LogP contribution in [0.5, 0.6) is 5.75 Å². The van der Waals surface area contributed by atoms with E-state index in [1.165, 1.54) is 12.0 Å². The zero-order valence-corrected chi connectivity index (χ0v) is 13.0. The third-order valence-corrected chi connectivity index (χ3v) is 3.75. The third-order valence-electron chi connectivity index (χ3n) is 3.35. The first-order valence-corrected chi connectivity index (χ1v) is 7.01. The number of nitrogens with one attached hydrogen (secondary N) is 2. The Kier molecular flexibility index (Phi) is 4.57. The Morgan fingerprint density at radius 2 is 2.24 bits per heavy atom. The summed E-state index contributed by atoms with van der Waals surface area (Å²) < 4.78 is 5.26. The molecule has 114 valence electrons. The lowest BCUT2D eigenvalue weighted by Crippen LogP contribution is -2.43. The van der Waals surface area contributed by atoms with Gasteiger partial charge in [0.05, 0.1) is 12.8 Å². The highest BCUT2D eigenvalue weighted by molar-refractivity contribution is 6.31. The van der Waals surface area contributed by atoms with Gasteiger partial charge < -0.3 is 15.4 Å². The topological polar surface area (TPSA) is 70.7 Å². The van der Waals surface area contributed by atoms with Crippen LogP contribution in [0.1, 0.15) is 12.5 Å². The first kappa shape index (κ1) is 15.4. The van der Waals surface area contributed by atoms with Gasteiger partial charge in [-0.3, -0.25) is 9.69 Å². The molecule has 1 aromatic carbocycles. The Labute approximate surface area is 128 Å². The highest BCUT2D eigenvalue weighted by atomic mass is 35.5. The number of carbonyl (C=O) groups is 2. The van der Waals surface area contributed by atoms with Crippen molar-refractivity contribution in [1.29, 1.82) is 0 Å². The SMILES string of the molecule is COc1cc(Cl)c(C)cc1N[C@@H](C)C(=O)N1CCNC1=O. The Morgan fingerprint density at radius 1 is 1.52 bits per heavy atom. The van der Waals surface area contributed by atoms with Gasteiger partial charge in [-0.25, -0.2) is 4.79 Å². The number of methoxy groups -OCH3 is 1. The van der Waals surface area contributed by atoms with Gasteiger partial charge in [0.25, 0.3) is 5.91 Å². The van der Waals surface area contributed by atoms with Crippen molar-refractivity contribution in [2.75, 3.05) is 25.5 Å². The Bertz CT molecular complexity index is 577. The van der Waals surface area contributed by atoms with Crippen LogP contribution in [0.25, 0.3) is 0 Å². The lowest BCUT2D eigenvalue weighted by atomic mass is 10.2. The number of imide groups is 1. The van der Waals surface area contributed by atoms with Crippen LogP contribution in [-0.2, 0) is 4.79 Å². The van der Waals surface area contributed by atoms with E-state index in [1.807, 2.05) is 13.0 Å². The number of hydrogen-bond donors (Lipinski definition) is 2. The molecule has 0 spiro atoms. The zero-order valence-electron chi connectivity index (χ0n) is 12.2. The van der Waals surface area contributed by atoms with Crippen LogP contribution in [0.4, 0.5) is 10.5 Å². The van der Waals surface area contributed by atoms with E-state index >= 15 is 0 Å². The van der Waals surface area contributed by atoms with Gasteiger partial charge in [0, 0.05) is 24.2 Å². The molecule has 3 amide bonds. The number of carbonyl (C=O) groups excluding carboxylic acids is 2. The average molecular weight is 312 g/mol. The minimum Gasteiger partial charge on any atom is -0.495 e. The number of anilines is 1. The summed E-state index contributed by atoms with van der Waals surface area (Å²) in [5.41, 5.74) is 1.54. The first-order chi connectivity index (χ1) is 9.93. The van der Waals surface area contributed by atoms with Crippen LogP contribution in [0.15, 0.2) is 12.1 Å². The maximum absolute atomic E-state index is 12.2. The van der Waals surface area contributed by atoms with E-state index < -0.39 is 6.04 Å². The summed E-state index contributed by atoms with van der Waals surface area (Å²) >= 11 is 6.05. The maximum Gasteiger partial charge on any atom is 0.324 e. The van der Waals surface area contributed by atoms with Crippen LogP contribution < -0.4 is 15.4 Å². The largest absolute Gasteiger partial charge is 0.495 e. The summed E-state index contributed by atoms with van der Waals surface area (Å²) in [6.07, 6.45) is 0. The maximum atomic E-state index is 12.2. The first-order valence-electron chi connectivity index (χ1n) is 6.64. The number of halogens is 1. The van der Waals surface area contributed by atoms with Gasteiger partial charge in [0.1, 0.15) is 11.8 Å². The van der Waals surface area contributed by atoms with Crippen molar-refractivity contribution in [1.82, 2.24) is 10.2 Å². The predicted molar refractivity (Wildman–Crippen MR) is 80.9 cm³/mol. The number of ether oxygens (including phenoxy) is 1. The zero-order chi connectivity index (χ0) is 15.6.